The van der Waals surface area contributed by atoms with E-state index in [9.17, 15) is 14.9 Å². The lowest BCUT2D eigenvalue weighted by Gasteiger charge is -2.18. The van der Waals surface area contributed by atoms with E-state index in [-0.39, 0.29) is 18.2 Å². The van der Waals surface area contributed by atoms with Gasteiger partial charge in [0.25, 0.3) is 5.69 Å². The summed E-state index contributed by atoms with van der Waals surface area (Å²) in [6.45, 7) is 2.58. The van der Waals surface area contributed by atoms with Crippen molar-refractivity contribution in [2.75, 3.05) is 25.1 Å². The molecule has 1 aliphatic heterocycles. The van der Waals surface area contributed by atoms with Gasteiger partial charge in [-0.05, 0) is 12.0 Å². The number of anilines is 1. The van der Waals surface area contributed by atoms with Crippen LogP contribution in [0, 0.1) is 22.0 Å². The Labute approximate surface area is 115 Å². The van der Waals surface area contributed by atoms with Crippen LogP contribution in [0.4, 0.5) is 11.4 Å². The van der Waals surface area contributed by atoms with Gasteiger partial charge >= 0.3 is 5.97 Å². The Balaban J connectivity index is 2.37. The third-order valence-electron chi connectivity index (χ3n) is 3.65. The van der Waals surface area contributed by atoms with Crippen LogP contribution in [0.25, 0.3) is 0 Å². The number of carboxylic acid groups (broad SMARTS) is 1. The van der Waals surface area contributed by atoms with Crippen molar-refractivity contribution >= 4 is 17.3 Å². The third kappa shape index (κ3) is 2.52. The number of hydrogen-bond acceptors (Lipinski definition) is 5. The highest BCUT2D eigenvalue weighted by Gasteiger charge is 2.37. The Hall–Kier alpha value is -2.31. The van der Waals surface area contributed by atoms with E-state index in [0.717, 1.165) is 0 Å². The molecule has 0 saturated carbocycles. The van der Waals surface area contributed by atoms with Crippen LogP contribution >= 0.6 is 0 Å². The molecule has 2 atom stereocenters. The molecule has 0 spiro atoms. The van der Waals surface area contributed by atoms with Gasteiger partial charge in [0.15, 0.2) is 0 Å². The van der Waals surface area contributed by atoms with E-state index in [2.05, 4.69) is 0 Å². The molecule has 7 nitrogen and oxygen atoms in total. The molecule has 0 bridgehead atoms. The monoisotopic (exact) mass is 280 g/mol. The first kappa shape index (κ1) is 14.1. The van der Waals surface area contributed by atoms with Gasteiger partial charge < -0.3 is 14.7 Å². The maximum absolute atomic E-state index is 11.1. The summed E-state index contributed by atoms with van der Waals surface area (Å²) >= 11 is 0. The number of aliphatic carboxylic acids is 1. The Morgan fingerprint density at radius 1 is 1.50 bits per heavy atom. The van der Waals surface area contributed by atoms with E-state index >= 15 is 0 Å². The van der Waals surface area contributed by atoms with Gasteiger partial charge in [-0.25, -0.2) is 0 Å². The van der Waals surface area contributed by atoms with Crippen molar-refractivity contribution < 1.29 is 19.6 Å². The summed E-state index contributed by atoms with van der Waals surface area (Å²) in [6, 6.07) is 4.48. The molecule has 1 N–H and O–H groups in total. The number of carbonyl (C=O) groups is 1. The molecular weight excluding hydrogens is 264 g/mol. The SMILES string of the molecule is COc1ccc([N+](=O)[O-])c(N2C[C@@H](C)[C@H](C(=O)O)C2)c1. The number of rotatable bonds is 4. The highest BCUT2D eigenvalue weighted by Crippen LogP contribution is 2.36. The molecule has 7 heteroatoms. The Morgan fingerprint density at radius 3 is 2.70 bits per heavy atom. The summed E-state index contributed by atoms with van der Waals surface area (Å²) < 4.78 is 5.08. The van der Waals surface area contributed by atoms with Gasteiger partial charge in [-0.2, -0.15) is 0 Å². The highest BCUT2D eigenvalue weighted by atomic mass is 16.6. The number of nitrogens with zero attached hydrogens (tertiary/aromatic N) is 2. The van der Waals surface area contributed by atoms with Gasteiger partial charge in [0.05, 0.1) is 18.0 Å². The first-order valence-electron chi connectivity index (χ1n) is 6.24. The van der Waals surface area contributed by atoms with Crippen molar-refractivity contribution in [2.45, 2.75) is 6.92 Å². The molecule has 2 rings (SSSR count). The average molecular weight is 280 g/mol. The predicted octanol–water partition coefficient (Wildman–Crippen LogP) is 1.76. The molecule has 0 unspecified atom stereocenters. The second-order valence-electron chi connectivity index (χ2n) is 4.94. The number of nitro groups is 1. The molecule has 1 aromatic rings. The van der Waals surface area contributed by atoms with Crippen LogP contribution in [-0.2, 0) is 4.79 Å². The number of benzene rings is 1. The van der Waals surface area contributed by atoms with Crippen LogP contribution in [-0.4, -0.2) is 36.2 Å². The number of carboxylic acids is 1. The van der Waals surface area contributed by atoms with Crippen molar-refractivity contribution in [3.05, 3.63) is 28.3 Å². The van der Waals surface area contributed by atoms with Crippen LogP contribution in [0.3, 0.4) is 0 Å². The fourth-order valence-corrected chi connectivity index (χ4v) is 2.52. The molecule has 1 fully saturated rings. The van der Waals surface area contributed by atoms with E-state index in [1.807, 2.05) is 6.92 Å². The van der Waals surface area contributed by atoms with E-state index < -0.39 is 16.8 Å². The summed E-state index contributed by atoms with van der Waals surface area (Å²) in [5.41, 5.74) is 0.369. The van der Waals surface area contributed by atoms with Gasteiger partial charge in [0.2, 0.25) is 0 Å². The molecule has 1 heterocycles. The molecule has 0 aromatic heterocycles. The van der Waals surface area contributed by atoms with Gasteiger partial charge in [0, 0.05) is 25.2 Å². The molecular formula is C13H16N2O5. The van der Waals surface area contributed by atoms with Crippen molar-refractivity contribution in [3.63, 3.8) is 0 Å². The normalized spacial score (nSPS) is 21.8. The van der Waals surface area contributed by atoms with Crippen molar-refractivity contribution in [3.8, 4) is 5.75 Å². The Morgan fingerprint density at radius 2 is 2.20 bits per heavy atom. The van der Waals surface area contributed by atoms with Crippen molar-refractivity contribution in [2.24, 2.45) is 11.8 Å². The second kappa shape index (κ2) is 5.36. The summed E-state index contributed by atoms with van der Waals surface area (Å²) in [5, 5.41) is 20.2. The lowest BCUT2D eigenvalue weighted by molar-refractivity contribution is -0.384. The van der Waals surface area contributed by atoms with Crippen LogP contribution in [0.15, 0.2) is 18.2 Å². The maximum Gasteiger partial charge on any atom is 0.308 e. The van der Waals surface area contributed by atoms with Gasteiger partial charge in [-0.3, -0.25) is 14.9 Å². The first-order chi connectivity index (χ1) is 9.43. The minimum atomic E-state index is -0.870. The topological polar surface area (TPSA) is 92.9 Å². The maximum atomic E-state index is 11.1. The Bertz CT molecular complexity index is 546. The molecule has 0 radical (unpaired) electrons. The quantitative estimate of drug-likeness (QED) is 0.667. The van der Waals surface area contributed by atoms with Crippen LogP contribution < -0.4 is 9.64 Å². The number of nitro benzene ring substituents is 1. The standard InChI is InChI=1S/C13H16N2O5/c1-8-6-14(7-10(8)13(16)17)12-5-9(20-2)3-4-11(12)15(18)19/h3-5,8,10H,6-7H2,1-2H3,(H,16,17)/t8-,10-/m1/s1. The zero-order valence-corrected chi connectivity index (χ0v) is 11.3. The zero-order valence-electron chi connectivity index (χ0n) is 11.3. The summed E-state index contributed by atoms with van der Waals surface area (Å²) in [6.07, 6.45) is 0. The predicted molar refractivity (Wildman–Crippen MR) is 72.2 cm³/mol. The summed E-state index contributed by atoms with van der Waals surface area (Å²) in [5.74, 6) is -0.929. The van der Waals surface area contributed by atoms with Crippen LogP contribution in [0.1, 0.15) is 6.92 Å². The van der Waals surface area contributed by atoms with Crippen molar-refractivity contribution in [1.29, 1.82) is 0 Å². The lowest BCUT2D eigenvalue weighted by atomic mass is 9.99. The minimum absolute atomic E-state index is 0.0379. The molecule has 1 saturated heterocycles. The Kier molecular flexibility index (Phi) is 3.78. The highest BCUT2D eigenvalue weighted by molar-refractivity contribution is 5.74. The van der Waals surface area contributed by atoms with Crippen LogP contribution in [0.2, 0.25) is 0 Å². The molecule has 0 aliphatic carbocycles. The summed E-state index contributed by atoms with van der Waals surface area (Å²) in [4.78, 5) is 23.5. The van der Waals surface area contributed by atoms with Gasteiger partial charge in [-0.15, -0.1) is 0 Å². The lowest BCUT2D eigenvalue weighted by Crippen LogP contribution is -2.23. The number of methoxy groups -OCH3 is 1. The molecule has 1 aromatic carbocycles. The molecule has 1 aliphatic rings. The van der Waals surface area contributed by atoms with Gasteiger partial charge in [0.1, 0.15) is 11.4 Å². The third-order valence-corrected chi connectivity index (χ3v) is 3.65. The smallest absolute Gasteiger partial charge is 0.308 e. The first-order valence-corrected chi connectivity index (χ1v) is 6.24. The fourth-order valence-electron chi connectivity index (χ4n) is 2.52. The van der Waals surface area contributed by atoms with E-state index in [0.29, 0.717) is 18.0 Å². The zero-order chi connectivity index (χ0) is 14.9. The van der Waals surface area contributed by atoms with Crippen LogP contribution in [0.5, 0.6) is 5.75 Å². The van der Waals surface area contributed by atoms with E-state index in [1.54, 1.807) is 11.0 Å². The van der Waals surface area contributed by atoms with Crippen molar-refractivity contribution in [1.82, 2.24) is 0 Å². The minimum Gasteiger partial charge on any atom is -0.497 e. The summed E-state index contributed by atoms with van der Waals surface area (Å²) in [7, 11) is 1.48. The second-order valence-corrected chi connectivity index (χ2v) is 4.94. The fraction of sp³-hybridized carbons (Fsp3) is 0.462. The molecule has 20 heavy (non-hydrogen) atoms. The number of ether oxygens (including phenoxy) is 1. The largest absolute Gasteiger partial charge is 0.497 e. The van der Waals surface area contributed by atoms with E-state index in [1.165, 1.54) is 19.2 Å². The van der Waals surface area contributed by atoms with E-state index in [4.69, 9.17) is 9.84 Å². The number of hydrogen-bond donors (Lipinski definition) is 1. The molecule has 0 amide bonds. The average Bonchev–Trinajstić information content (AvgIpc) is 2.80. The molecule has 108 valence electrons. The van der Waals surface area contributed by atoms with Gasteiger partial charge in [-0.1, -0.05) is 6.92 Å².